The molecule has 18 heavy (non-hydrogen) atoms. The summed E-state index contributed by atoms with van der Waals surface area (Å²) in [4.78, 5) is 0. The molecule has 0 spiro atoms. The number of benzene rings is 1. The summed E-state index contributed by atoms with van der Waals surface area (Å²) in [7, 11) is 0. The number of nitrogens with one attached hydrogen (secondary N) is 1. The van der Waals surface area contributed by atoms with Crippen LogP contribution in [0.1, 0.15) is 50.2 Å². The highest BCUT2D eigenvalue weighted by molar-refractivity contribution is 5.32. The molecule has 1 aliphatic carbocycles. The van der Waals surface area contributed by atoms with Gasteiger partial charge in [-0.25, -0.2) is 0 Å². The van der Waals surface area contributed by atoms with E-state index in [2.05, 4.69) is 24.4 Å². The maximum Gasteiger partial charge on any atom is 0.0991 e. The van der Waals surface area contributed by atoms with Crippen LogP contribution in [-0.4, -0.2) is 6.04 Å². The minimum atomic E-state index is 0.580. The fourth-order valence-corrected chi connectivity index (χ4v) is 2.83. The second-order valence-electron chi connectivity index (χ2n) is 5.38. The van der Waals surface area contributed by atoms with Crippen LogP contribution in [0.2, 0.25) is 0 Å². The number of hydrogen-bond donors (Lipinski definition) is 1. The van der Waals surface area contributed by atoms with Crippen molar-refractivity contribution in [3.05, 3.63) is 35.4 Å². The number of nitrogens with zero attached hydrogens (tertiary/aromatic N) is 1. The molecule has 1 fully saturated rings. The van der Waals surface area contributed by atoms with Crippen LogP contribution in [-0.2, 0) is 6.54 Å². The maximum atomic E-state index is 8.87. The molecule has 96 valence electrons. The van der Waals surface area contributed by atoms with Crippen LogP contribution in [0.3, 0.4) is 0 Å². The molecule has 0 aromatic heterocycles. The second-order valence-corrected chi connectivity index (χ2v) is 5.38. The predicted octanol–water partition coefficient (Wildman–Crippen LogP) is 3.62. The topological polar surface area (TPSA) is 35.8 Å². The molecular formula is C16H22N2. The molecular weight excluding hydrogens is 220 g/mol. The third kappa shape index (κ3) is 3.58. The Bertz CT molecular complexity index is 413. The molecule has 1 aliphatic rings. The highest BCUT2D eigenvalue weighted by atomic mass is 14.9. The molecule has 1 saturated carbocycles. The minimum Gasteiger partial charge on any atom is -0.310 e. The standard InChI is InChI=1S/C16H22N2/c1-13(16-8-3-2-4-9-16)18-12-15-7-5-6-14(10-15)11-17/h5-7,10,13,16,18H,2-4,8-9,12H2,1H3/t13-/m1/s1. The van der Waals surface area contributed by atoms with Crippen molar-refractivity contribution in [3.8, 4) is 6.07 Å². The molecule has 1 aromatic carbocycles. The number of nitriles is 1. The van der Waals surface area contributed by atoms with Gasteiger partial charge in [-0.2, -0.15) is 5.26 Å². The maximum absolute atomic E-state index is 8.87. The summed E-state index contributed by atoms with van der Waals surface area (Å²) in [6, 6.07) is 10.6. The fraction of sp³-hybridized carbons (Fsp3) is 0.562. The lowest BCUT2D eigenvalue weighted by atomic mass is 9.84. The smallest absolute Gasteiger partial charge is 0.0991 e. The van der Waals surface area contributed by atoms with Crippen LogP contribution in [0.15, 0.2) is 24.3 Å². The van der Waals surface area contributed by atoms with Gasteiger partial charge in [-0.15, -0.1) is 0 Å². The van der Waals surface area contributed by atoms with E-state index in [9.17, 15) is 0 Å². The van der Waals surface area contributed by atoms with Gasteiger partial charge in [0.15, 0.2) is 0 Å². The Hall–Kier alpha value is -1.33. The Morgan fingerprint density at radius 3 is 2.83 bits per heavy atom. The summed E-state index contributed by atoms with van der Waals surface area (Å²) in [6.45, 7) is 3.16. The molecule has 0 saturated heterocycles. The lowest BCUT2D eigenvalue weighted by molar-refractivity contribution is 0.280. The fourth-order valence-electron chi connectivity index (χ4n) is 2.83. The third-order valence-corrected chi connectivity index (χ3v) is 4.04. The lowest BCUT2D eigenvalue weighted by Gasteiger charge is -2.28. The molecule has 1 N–H and O–H groups in total. The van der Waals surface area contributed by atoms with Crippen molar-refractivity contribution in [3.63, 3.8) is 0 Å². The molecule has 2 nitrogen and oxygen atoms in total. The average molecular weight is 242 g/mol. The first-order valence-corrected chi connectivity index (χ1v) is 7.02. The first-order valence-electron chi connectivity index (χ1n) is 7.02. The van der Waals surface area contributed by atoms with Crippen molar-refractivity contribution in [2.75, 3.05) is 0 Å². The SMILES string of the molecule is C[C@@H](NCc1cccc(C#N)c1)C1CCCCC1. The van der Waals surface area contributed by atoms with Crippen LogP contribution in [0.4, 0.5) is 0 Å². The first kappa shape index (κ1) is 13.1. The summed E-state index contributed by atoms with van der Waals surface area (Å²) >= 11 is 0. The molecule has 0 heterocycles. The van der Waals surface area contributed by atoms with E-state index in [-0.39, 0.29) is 0 Å². The molecule has 0 aliphatic heterocycles. The molecule has 2 rings (SSSR count). The second kappa shape index (κ2) is 6.56. The van der Waals surface area contributed by atoms with Gasteiger partial charge in [-0.05, 0) is 43.4 Å². The molecule has 2 heteroatoms. The van der Waals surface area contributed by atoms with Crippen molar-refractivity contribution in [1.82, 2.24) is 5.32 Å². The van der Waals surface area contributed by atoms with E-state index in [1.807, 2.05) is 18.2 Å². The predicted molar refractivity (Wildman–Crippen MR) is 74.0 cm³/mol. The van der Waals surface area contributed by atoms with Crippen molar-refractivity contribution < 1.29 is 0 Å². The van der Waals surface area contributed by atoms with Crippen LogP contribution >= 0.6 is 0 Å². The monoisotopic (exact) mass is 242 g/mol. The van der Waals surface area contributed by atoms with Crippen molar-refractivity contribution >= 4 is 0 Å². The van der Waals surface area contributed by atoms with E-state index in [1.54, 1.807) is 0 Å². The van der Waals surface area contributed by atoms with Gasteiger partial charge in [0.1, 0.15) is 0 Å². The molecule has 1 atom stereocenters. The zero-order chi connectivity index (χ0) is 12.8. The Morgan fingerprint density at radius 2 is 2.11 bits per heavy atom. The van der Waals surface area contributed by atoms with Gasteiger partial charge < -0.3 is 5.32 Å². The largest absolute Gasteiger partial charge is 0.310 e. The zero-order valence-corrected chi connectivity index (χ0v) is 11.2. The quantitative estimate of drug-likeness (QED) is 0.875. The minimum absolute atomic E-state index is 0.580. The van der Waals surface area contributed by atoms with Gasteiger partial charge in [0.25, 0.3) is 0 Å². The third-order valence-electron chi connectivity index (χ3n) is 4.04. The molecule has 0 radical (unpaired) electrons. The van der Waals surface area contributed by atoms with Gasteiger partial charge in [0.2, 0.25) is 0 Å². The lowest BCUT2D eigenvalue weighted by Crippen LogP contribution is -2.34. The van der Waals surface area contributed by atoms with Crippen LogP contribution in [0.25, 0.3) is 0 Å². The summed E-state index contributed by atoms with van der Waals surface area (Å²) < 4.78 is 0. The van der Waals surface area contributed by atoms with Crippen LogP contribution in [0.5, 0.6) is 0 Å². The highest BCUT2D eigenvalue weighted by Gasteiger charge is 2.19. The normalized spacial score (nSPS) is 18.2. The molecule has 0 bridgehead atoms. The summed E-state index contributed by atoms with van der Waals surface area (Å²) in [5, 5.41) is 12.5. The van der Waals surface area contributed by atoms with Gasteiger partial charge in [0, 0.05) is 12.6 Å². The van der Waals surface area contributed by atoms with Crippen LogP contribution < -0.4 is 5.32 Å². The highest BCUT2D eigenvalue weighted by Crippen LogP contribution is 2.26. The van der Waals surface area contributed by atoms with Crippen LogP contribution in [0, 0.1) is 17.2 Å². The van der Waals surface area contributed by atoms with Crippen molar-refractivity contribution in [2.24, 2.45) is 5.92 Å². The van der Waals surface area contributed by atoms with Gasteiger partial charge in [0.05, 0.1) is 11.6 Å². The average Bonchev–Trinajstić information content (AvgIpc) is 2.46. The molecule has 0 amide bonds. The van der Waals surface area contributed by atoms with E-state index in [0.29, 0.717) is 6.04 Å². The molecule has 1 aromatic rings. The summed E-state index contributed by atoms with van der Waals surface area (Å²) in [5.41, 5.74) is 1.95. The van der Waals surface area contributed by atoms with Crippen molar-refractivity contribution in [2.45, 2.75) is 51.6 Å². The number of rotatable bonds is 4. The van der Waals surface area contributed by atoms with Gasteiger partial charge in [-0.3, -0.25) is 0 Å². The van der Waals surface area contributed by atoms with Gasteiger partial charge >= 0.3 is 0 Å². The Morgan fingerprint density at radius 1 is 1.33 bits per heavy atom. The van der Waals surface area contributed by atoms with E-state index < -0.39 is 0 Å². The Labute approximate surface area is 110 Å². The number of hydrogen-bond acceptors (Lipinski definition) is 2. The molecule has 0 unspecified atom stereocenters. The first-order chi connectivity index (χ1) is 8.79. The Balaban J connectivity index is 1.84. The van der Waals surface area contributed by atoms with Gasteiger partial charge in [-0.1, -0.05) is 31.4 Å². The summed E-state index contributed by atoms with van der Waals surface area (Å²) in [5.74, 6) is 0.831. The van der Waals surface area contributed by atoms with E-state index in [4.69, 9.17) is 5.26 Å². The Kier molecular flexibility index (Phi) is 4.78. The summed E-state index contributed by atoms with van der Waals surface area (Å²) in [6.07, 6.45) is 6.92. The van der Waals surface area contributed by atoms with Crippen molar-refractivity contribution in [1.29, 1.82) is 5.26 Å². The van der Waals surface area contributed by atoms with E-state index in [0.717, 1.165) is 18.0 Å². The van der Waals surface area contributed by atoms with E-state index >= 15 is 0 Å². The zero-order valence-electron chi connectivity index (χ0n) is 11.2. The van der Waals surface area contributed by atoms with E-state index in [1.165, 1.54) is 37.7 Å².